The Balaban J connectivity index is 1.62. The zero-order valence-electron chi connectivity index (χ0n) is 16.1. The molecule has 0 radical (unpaired) electrons. The van der Waals surface area contributed by atoms with Crippen molar-refractivity contribution in [2.24, 2.45) is 17.6 Å². The number of piperidine rings is 1. The monoisotopic (exact) mass is 418 g/mol. The molecule has 7 nitrogen and oxygen atoms in total. The molecule has 2 aromatic rings. The lowest BCUT2D eigenvalue weighted by Crippen LogP contribution is -2.57. The molecule has 1 aliphatic carbocycles. The Bertz CT molecular complexity index is 1000. The van der Waals surface area contributed by atoms with Crippen LogP contribution in [0.4, 0.5) is 18.9 Å². The van der Waals surface area contributed by atoms with Gasteiger partial charge in [-0.3, -0.25) is 14.8 Å². The Morgan fingerprint density at radius 1 is 1.20 bits per heavy atom. The van der Waals surface area contributed by atoms with E-state index in [-0.39, 0.29) is 5.92 Å². The Morgan fingerprint density at radius 3 is 2.53 bits per heavy atom. The molecule has 2 fully saturated rings. The molecular weight excluding hydrogens is 397 g/mol. The fraction of sp³-hybridized carbons (Fsp3) is 0.500. The molecule has 3 atom stereocenters. The number of rotatable bonds is 4. The van der Waals surface area contributed by atoms with Crippen LogP contribution in [0.3, 0.4) is 0 Å². The Labute approximate surface area is 171 Å². The number of carbonyl (C=O) groups is 1. The molecular formula is C20H21F3N6O. The van der Waals surface area contributed by atoms with Crippen molar-refractivity contribution in [3.63, 3.8) is 0 Å². The maximum atomic E-state index is 12.8. The van der Waals surface area contributed by atoms with Crippen molar-refractivity contribution < 1.29 is 18.0 Å². The summed E-state index contributed by atoms with van der Waals surface area (Å²) >= 11 is 0. The van der Waals surface area contributed by atoms with Crippen LogP contribution in [0.15, 0.2) is 24.5 Å². The second-order valence-electron chi connectivity index (χ2n) is 7.96. The average Bonchev–Trinajstić information content (AvgIpc) is 3.57. The van der Waals surface area contributed by atoms with Crippen LogP contribution in [0.5, 0.6) is 0 Å². The molecule has 1 aromatic heterocycles. The SMILES string of the molecule is N#Cc1ccc(N2CC(NC(=O)C(N)C(F)(F)F)CC(C3CC3)C2)c2nccnc12. The summed E-state index contributed by atoms with van der Waals surface area (Å²) in [5.41, 5.74) is 7.26. The van der Waals surface area contributed by atoms with Gasteiger partial charge >= 0.3 is 6.18 Å². The summed E-state index contributed by atoms with van der Waals surface area (Å²) < 4.78 is 38.5. The first-order chi connectivity index (χ1) is 14.3. The number of nitrogens with one attached hydrogen (secondary N) is 1. The number of nitrogens with zero attached hydrogens (tertiary/aromatic N) is 4. The molecule has 30 heavy (non-hydrogen) atoms. The maximum Gasteiger partial charge on any atom is 0.412 e. The fourth-order valence-electron chi connectivity index (χ4n) is 4.18. The van der Waals surface area contributed by atoms with Crippen LogP contribution in [0.25, 0.3) is 11.0 Å². The van der Waals surface area contributed by atoms with E-state index >= 15 is 0 Å². The van der Waals surface area contributed by atoms with Gasteiger partial charge in [0.15, 0.2) is 6.04 Å². The van der Waals surface area contributed by atoms with Crippen LogP contribution in [0.1, 0.15) is 24.8 Å². The minimum Gasteiger partial charge on any atom is -0.367 e. The molecule has 1 saturated heterocycles. The van der Waals surface area contributed by atoms with Crippen LogP contribution in [0, 0.1) is 23.2 Å². The lowest BCUT2D eigenvalue weighted by atomic mass is 9.89. The number of aromatic nitrogens is 2. The molecule has 1 aromatic carbocycles. The van der Waals surface area contributed by atoms with Gasteiger partial charge in [-0.1, -0.05) is 0 Å². The van der Waals surface area contributed by atoms with Crippen LogP contribution in [-0.4, -0.2) is 47.2 Å². The first-order valence-electron chi connectivity index (χ1n) is 9.79. The zero-order chi connectivity index (χ0) is 21.5. The van der Waals surface area contributed by atoms with Gasteiger partial charge in [-0.15, -0.1) is 0 Å². The number of alkyl halides is 3. The van der Waals surface area contributed by atoms with Crippen molar-refractivity contribution in [2.75, 3.05) is 18.0 Å². The highest BCUT2D eigenvalue weighted by molar-refractivity contribution is 5.92. The molecule has 2 heterocycles. The molecule has 0 spiro atoms. The van der Waals surface area contributed by atoms with E-state index in [0.717, 1.165) is 18.5 Å². The summed E-state index contributed by atoms with van der Waals surface area (Å²) in [4.78, 5) is 22.7. The second-order valence-corrected chi connectivity index (χ2v) is 7.96. The van der Waals surface area contributed by atoms with E-state index in [1.165, 1.54) is 12.4 Å². The highest BCUT2D eigenvalue weighted by atomic mass is 19.4. The van der Waals surface area contributed by atoms with E-state index in [4.69, 9.17) is 5.73 Å². The van der Waals surface area contributed by atoms with Crippen molar-refractivity contribution >= 4 is 22.6 Å². The predicted octanol–water partition coefficient (Wildman–Crippen LogP) is 2.11. The first kappa shape index (κ1) is 20.3. The molecule has 1 saturated carbocycles. The highest BCUT2D eigenvalue weighted by Crippen LogP contribution is 2.42. The molecule has 1 aliphatic heterocycles. The summed E-state index contributed by atoms with van der Waals surface area (Å²) in [5.74, 6) is -0.471. The lowest BCUT2D eigenvalue weighted by Gasteiger charge is -2.40. The quantitative estimate of drug-likeness (QED) is 0.788. The van der Waals surface area contributed by atoms with E-state index in [1.807, 2.05) is 4.90 Å². The van der Waals surface area contributed by atoms with Gasteiger partial charge < -0.3 is 16.0 Å². The Morgan fingerprint density at radius 2 is 1.90 bits per heavy atom. The number of fused-ring (bicyclic) bond motifs is 1. The van der Waals surface area contributed by atoms with Crippen molar-refractivity contribution in [3.8, 4) is 6.07 Å². The first-order valence-corrected chi connectivity index (χ1v) is 9.79. The molecule has 3 unspecified atom stereocenters. The highest BCUT2D eigenvalue weighted by Gasteiger charge is 2.44. The third-order valence-electron chi connectivity index (χ3n) is 5.82. The average molecular weight is 418 g/mol. The number of nitrogens with two attached hydrogens (primary N) is 1. The fourth-order valence-corrected chi connectivity index (χ4v) is 4.18. The van der Waals surface area contributed by atoms with E-state index in [2.05, 4.69) is 21.4 Å². The van der Waals surface area contributed by atoms with Gasteiger partial charge in [0.1, 0.15) is 17.1 Å². The van der Waals surface area contributed by atoms with Gasteiger partial charge in [-0.2, -0.15) is 18.4 Å². The number of anilines is 1. The Hall–Kier alpha value is -2.93. The molecule has 158 valence electrons. The second kappa shape index (κ2) is 7.72. The summed E-state index contributed by atoms with van der Waals surface area (Å²) in [6.45, 7) is 1.04. The number of amides is 1. The van der Waals surface area contributed by atoms with Gasteiger partial charge in [0.05, 0.1) is 11.3 Å². The molecule has 3 N–H and O–H groups in total. The van der Waals surface area contributed by atoms with E-state index < -0.39 is 24.2 Å². The minimum atomic E-state index is -4.78. The van der Waals surface area contributed by atoms with E-state index in [1.54, 1.807) is 12.1 Å². The number of hydrogen-bond donors (Lipinski definition) is 2. The number of nitriles is 1. The Kier molecular flexibility index (Phi) is 5.24. The molecule has 2 aliphatic rings. The number of carbonyl (C=O) groups excluding carboxylic acids is 1. The number of benzene rings is 1. The van der Waals surface area contributed by atoms with Gasteiger partial charge in [0.25, 0.3) is 0 Å². The third kappa shape index (κ3) is 4.03. The van der Waals surface area contributed by atoms with Crippen molar-refractivity contribution in [2.45, 2.75) is 37.5 Å². The van der Waals surface area contributed by atoms with Crippen molar-refractivity contribution in [3.05, 3.63) is 30.1 Å². The summed E-state index contributed by atoms with van der Waals surface area (Å²) in [7, 11) is 0. The molecule has 4 rings (SSSR count). The van der Waals surface area contributed by atoms with Crippen LogP contribution in [0.2, 0.25) is 0 Å². The number of halogens is 3. The number of hydrogen-bond acceptors (Lipinski definition) is 6. The summed E-state index contributed by atoms with van der Waals surface area (Å²) in [5, 5.41) is 11.8. The molecule has 10 heteroatoms. The predicted molar refractivity (Wildman–Crippen MR) is 103 cm³/mol. The standard InChI is InChI=1S/C20H21F3N6O/c21-20(22,23)18(25)19(30)28-14-7-13(11-1-2-11)9-29(10-14)15-4-3-12(8-24)16-17(15)27-6-5-26-16/h3-6,11,13-14,18H,1-2,7,9-10,25H2,(H,28,30). The molecule has 0 bridgehead atoms. The third-order valence-corrected chi connectivity index (χ3v) is 5.82. The largest absolute Gasteiger partial charge is 0.412 e. The summed E-state index contributed by atoms with van der Waals surface area (Å²) in [6.07, 6.45) is 1.03. The van der Waals surface area contributed by atoms with Crippen LogP contribution >= 0.6 is 0 Å². The minimum absolute atomic E-state index is 0.244. The normalized spacial score (nSPS) is 23.1. The van der Waals surface area contributed by atoms with Crippen molar-refractivity contribution in [1.82, 2.24) is 15.3 Å². The molecule has 1 amide bonds. The van der Waals surface area contributed by atoms with Gasteiger partial charge in [-0.25, -0.2) is 0 Å². The van der Waals surface area contributed by atoms with Gasteiger partial charge in [0.2, 0.25) is 5.91 Å². The topological polar surface area (TPSA) is 108 Å². The summed E-state index contributed by atoms with van der Waals surface area (Å²) in [6, 6.07) is 2.54. The van der Waals surface area contributed by atoms with Gasteiger partial charge in [0, 0.05) is 31.5 Å². The smallest absolute Gasteiger partial charge is 0.367 e. The van der Waals surface area contributed by atoms with Crippen molar-refractivity contribution in [1.29, 1.82) is 5.26 Å². The lowest BCUT2D eigenvalue weighted by molar-refractivity contribution is -0.163. The van der Waals surface area contributed by atoms with Crippen LogP contribution < -0.4 is 16.0 Å². The zero-order valence-corrected chi connectivity index (χ0v) is 16.1. The van der Waals surface area contributed by atoms with E-state index in [9.17, 15) is 23.2 Å². The van der Waals surface area contributed by atoms with E-state index in [0.29, 0.717) is 42.0 Å². The van der Waals surface area contributed by atoms with Crippen LogP contribution in [-0.2, 0) is 4.79 Å². The maximum absolute atomic E-state index is 12.8. The van der Waals surface area contributed by atoms with Gasteiger partial charge in [-0.05, 0) is 43.2 Å².